The molecule has 9 heteroatoms. The van der Waals surface area contributed by atoms with Gasteiger partial charge in [0.1, 0.15) is 12.4 Å². The van der Waals surface area contributed by atoms with Gasteiger partial charge in [-0.25, -0.2) is 0 Å². The molecular formula is C39H42ClN3O5. The van der Waals surface area contributed by atoms with Crippen LogP contribution in [0, 0.1) is 6.92 Å². The zero-order valence-corrected chi connectivity index (χ0v) is 28.9. The summed E-state index contributed by atoms with van der Waals surface area (Å²) in [6, 6.07) is 26.5. The first-order valence-corrected chi connectivity index (χ1v) is 16.5. The van der Waals surface area contributed by atoms with E-state index < -0.39 is 0 Å². The van der Waals surface area contributed by atoms with E-state index >= 15 is 0 Å². The number of fused-ring (bicyclic) bond motifs is 2. The van der Waals surface area contributed by atoms with Gasteiger partial charge in [0.25, 0.3) is 0 Å². The molecule has 0 radical (unpaired) electrons. The van der Waals surface area contributed by atoms with Crippen molar-refractivity contribution in [1.82, 2.24) is 9.88 Å². The maximum Gasteiger partial charge on any atom is 0.161 e. The normalized spacial score (nSPS) is 14.3. The lowest BCUT2D eigenvalue weighted by Crippen LogP contribution is -2.38. The third-order valence-corrected chi connectivity index (χ3v) is 9.27. The Bertz CT molecular complexity index is 1900. The molecule has 6 rings (SSSR count). The Morgan fingerprint density at radius 2 is 1.56 bits per heavy atom. The maximum absolute atomic E-state index is 6.64. The van der Waals surface area contributed by atoms with Gasteiger partial charge in [-0.15, -0.1) is 0 Å². The number of anilines is 2. The molecule has 48 heavy (non-hydrogen) atoms. The van der Waals surface area contributed by atoms with Gasteiger partial charge in [0.15, 0.2) is 23.0 Å². The Hall–Kier alpha value is -4.66. The first-order valence-electron chi connectivity index (χ1n) is 16.2. The molecule has 1 aliphatic rings. The fourth-order valence-corrected chi connectivity index (χ4v) is 6.73. The molecule has 5 aromatic rings. The topological polar surface area (TPSA) is 74.3 Å². The van der Waals surface area contributed by atoms with E-state index in [1.54, 1.807) is 28.4 Å². The van der Waals surface area contributed by atoms with Crippen LogP contribution in [0.25, 0.3) is 10.9 Å². The molecule has 0 saturated heterocycles. The van der Waals surface area contributed by atoms with Crippen LogP contribution >= 0.6 is 11.6 Å². The summed E-state index contributed by atoms with van der Waals surface area (Å²) in [7, 11) is 6.69. The molecule has 4 aromatic carbocycles. The van der Waals surface area contributed by atoms with E-state index in [2.05, 4.69) is 51.6 Å². The zero-order valence-electron chi connectivity index (χ0n) is 28.1. The van der Waals surface area contributed by atoms with Gasteiger partial charge in [0.05, 0.1) is 39.0 Å². The average molecular weight is 668 g/mol. The quantitative estimate of drug-likeness (QED) is 0.134. The summed E-state index contributed by atoms with van der Waals surface area (Å²) in [5.74, 6) is 3.59. The first-order chi connectivity index (χ1) is 23.4. The fraction of sp³-hybridized carbons (Fsp3) is 0.308. The third kappa shape index (κ3) is 7.25. The van der Waals surface area contributed by atoms with Crippen LogP contribution in [0.4, 0.5) is 11.4 Å². The highest BCUT2D eigenvalue weighted by Gasteiger charge is 2.29. The SMILES string of the molecule is COc1ccc(CCC2c3cc(OC)c(OC)cc3CCN2CCOc2cc(Nc3cc(C)nc4ccccc34)ccc2Cl)cc1OC. The van der Waals surface area contributed by atoms with E-state index in [0.29, 0.717) is 17.4 Å². The van der Waals surface area contributed by atoms with Crippen molar-refractivity contribution in [2.45, 2.75) is 32.2 Å². The van der Waals surface area contributed by atoms with Crippen LogP contribution in [0.3, 0.4) is 0 Å². The van der Waals surface area contributed by atoms with Crippen LogP contribution < -0.4 is 29.0 Å². The van der Waals surface area contributed by atoms with Crippen molar-refractivity contribution in [3.8, 4) is 28.7 Å². The number of rotatable bonds is 13. The molecule has 0 amide bonds. The molecule has 2 heterocycles. The molecule has 250 valence electrons. The van der Waals surface area contributed by atoms with Gasteiger partial charge in [-0.3, -0.25) is 9.88 Å². The van der Waals surface area contributed by atoms with Crippen molar-refractivity contribution >= 4 is 33.9 Å². The summed E-state index contributed by atoms with van der Waals surface area (Å²) >= 11 is 6.64. The third-order valence-electron chi connectivity index (χ3n) is 8.96. The maximum atomic E-state index is 6.64. The van der Waals surface area contributed by atoms with Crippen molar-refractivity contribution in [2.75, 3.05) is 53.5 Å². The highest BCUT2D eigenvalue weighted by molar-refractivity contribution is 6.32. The van der Waals surface area contributed by atoms with E-state index in [1.165, 1.54) is 16.7 Å². The molecule has 0 bridgehead atoms. The van der Waals surface area contributed by atoms with E-state index in [4.69, 9.17) is 35.3 Å². The minimum atomic E-state index is 0.150. The second kappa shape index (κ2) is 15.0. The number of nitrogens with one attached hydrogen (secondary N) is 1. The molecule has 1 N–H and O–H groups in total. The second-order valence-corrected chi connectivity index (χ2v) is 12.3. The smallest absolute Gasteiger partial charge is 0.161 e. The Kier molecular flexibility index (Phi) is 10.4. The minimum absolute atomic E-state index is 0.150. The lowest BCUT2D eigenvalue weighted by Gasteiger charge is -2.38. The van der Waals surface area contributed by atoms with Gasteiger partial charge in [-0.2, -0.15) is 0 Å². The summed E-state index contributed by atoms with van der Waals surface area (Å²) in [6.45, 7) is 4.11. The fourth-order valence-electron chi connectivity index (χ4n) is 6.56. The standard InChI is InChI=1S/C39H42ClN3O5/c1-25-20-33(29-8-6-7-9-32(29)41-25)42-28-12-13-31(40)36(23-28)48-19-18-43-17-16-27-22-38(46-4)39(47-5)24-30(27)34(43)14-10-26-11-15-35(44-2)37(21-26)45-3/h6-9,11-13,15,20-24,34H,10,14,16-19H2,1-5H3,(H,41,42). The summed E-state index contributed by atoms with van der Waals surface area (Å²) < 4.78 is 28.7. The van der Waals surface area contributed by atoms with Crippen LogP contribution in [-0.2, 0) is 12.8 Å². The van der Waals surface area contributed by atoms with E-state index in [1.807, 2.05) is 49.4 Å². The molecule has 0 aliphatic carbocycles. The van der Waals surface area contributed by atoms with Crippen molar-refractivity contribution in [1.29, 1.82) is 0 Å². The van der Waals surface area contributed by atoms with Crippen molar-refractivity contribution in [3.05, 3.63) is 106 Å². The van der Waals surface area contributed by atoms with Gasteiger partial charge in [-0.1, -0.05) is 35.9 Å². The lowest BCUT2D eigenvalue weighted by molar-refractivity contribution is 0.143. The molecule has 1 aliphatic heterocycles. The van der Waals surface area contributed by atoms with E-state index in [-0.39, 0.29) is 6.04 Å². The Morgan fingerprint density at radius 3 is 2.35 bits per heavy atom. The van der Waals surface area contributed by atoms with Crippen LogP contribution in [0.15, 0.2) is 78.9 Å². The molecular weight excluding hydrogens is 626 g/mol. The Labute approximate surface area is 287 Å². The summed E-state index contributed by atoms with van der Waals surface area (Å²) in [5.41, 5.74) is 7.50. The second-order valence-electron chi connectivity index (χ2n) is 11.9. The molecule has 0 saturated carbocycles. The van der Waals surface area contributed by atoms with E-state index in [0.717, 1.165) is 83.3 Å². The molecule has 1 atom stereocenters. The highest BCUT2D eigenvalue weighted by atomic mass is 35.5. The zero-order chi connectivity index (χ0) is 33.6. The summed E-state index contributed by atoms with van der Waals surface area (Å²) in [5, 5.41) is 5.18. The van der Waals surface area contributed by atoms with E-state index in [9.17, 15) is 0 Å². The number of benzene rings is 4. The molecule has 1 aromatic heterocycles. The number of ether oxygens (including phenoxy) is 5. The van der Waals surface area contributed by atoms with Gasteiger partial charge >= 0.3 is 0 Å². The number of nitrogens with zero attached hydrogens (tertiary/aromatic N) is 2. The number of methoxy groups -OCH3 is 4. The number of para-hydroxylation sites is 1. The average Bonchev–Trinajstić information content (AvgIpc) is 3.11. The predicted molar refractivity (Wildman–Crippen MR) is 192 cm³/mol. The molecule has 0 fully saturated rings. The van der Waals surface area contributed by atoms with Crippen LogP contribution in [0.2, 0.25) is 5.02 Å². The predicted octanol–water partition coefficient (Wildman–Crippen LogP) is 8.59. The van der Waals surface area contributed by atoms with Crippen LogP contribution in [0.5, 0.6) is 28.7 Å². The van der Waals surface area contributed by atoms with Crippen LogP contribution in [-0.4, -0.2) is 58.0 Å². The lowest BCUT2D eigenvalue weighted by atomic mass is 9.88. The van der Waals surface area contributed by atoms with Gasteiger partial charge in [0.2, 0.25) is 0 Å². The minimum Gasteiger partial charge on any atom is -0.493 e. The monoisotopic (exact) mass is 667 g/mol. The number of hydrogen-bond donors (Lipinski definition) is 1. The first kappa shape index (κ1) is 33.2. The number of aromatic nitrogens is 1. The summed E-state index contributed by atoms with van der Waals surface area (Å²) in [4.78, 5) is 7.16. The Morgan fingerprint density at radius 1 is 0.812 bits per heavy atom. The highest BCUT2D eigenvalue weighted by Crippen LogP contribution is 2.40. The van der Waals surface area contributed by atoms with Gasteiger partial charge in [0, 0.05) is 47.7 Å². The van der Waals surface area contributed by atoms with Crippen molar-refractivity contribution in [3.63, 3.8) is 0 Å². The number of pyridine rings is 1. The van der Waals surface area contributed by atoms with Gasteiger partial charge < -0.3 is 29.0 Å². The summed E-state index contributed by atoms with van der Waals surface area (Å²) in [6.07, 6.45) is 2.66. The molecule has 0 spiro atoms. The number of hydrogen-bond acceptors (Lipinski definition) is 8. The van der Waals surface area contributed by atoms with Gasteiger partial charge in [-0.05, 0) is 91.4 Å². The van der Waals surface area contributed by atoms with Crippen molar-refractivity contribution in [2.24, 2.45) is 0 Å². The van der Waals surface area contributed by atoms with Crippen molar-refractivity contribution < 1.29 is 23.7 Å². The molecule has 8 nitrogen and oxygen atoms in total. The molecule has 1 unspecified atom stereocenters. The number of halogens is 1. The van der Waals surface area contributed by atoms with Crippen LogP contribution in [0.1, 0.15) is 34.8 Å². The number of aryl methyl sites for hydroxylation is 2. The Balaban J connectivity index is 1.20. The largest absolute Gasteiger partial charge is 0.493 e.